The molecule has 0 spiro atoms. The van der Waals surface area contributed by atoms with Gasteiger partial charge in [-0.05, 0) is 24.3 Å². The van der Waals surface area contributed by atoms with E-state index in [9.17, 15) is 0 Å². The number of terminal acetylenes is 1. The molecule has 0 atom stereocenters. The minimum absolute atomic E-state index is 0.604. The Morgan fingerprint density at radius 2 is 2.17 bits per heavy atom. The average molecular weight is 256 g/mol. The summed E-state index contributed by atoms with van der Waals surface area (Å²) in [5.74, 6) is 3.97. The van der Waals surface area contributed by atoms with Gasteiger partial charge in [-0.2, -0.15) is 0 Å². The van der Waals surface area contributed by atoms with Crippen molar-refractivity contribution in [2.24, 2.45) is 0 Å². The third-order valence-corrected chi connectivity index (χ3v) is 3.13. The summed E-state index contributed by atoms with van der Waals surface area (Å²) < 4.78 is 5.18. The van der Waals surface area contributed by atoms with E-state index in [0.29, 0.717) is 5.75 Å². The van der Waals surface area contributed by atoms with Gasteiger partial charge < -0.3 is 4.74 Å². The number of methoxy groups -OCH3 is 1. The highest BCUT2D eigenvalue weighted by atomic mass is 32.2. The molecule has 0 N–H and O–H groups in total. The number of thioether (sulfide) groups is 1. The third-order valence-electron chi connectivity index (χ3n) is 2.31. The number of rotatable bonds is 4. The molecule has 0 unspecified atom stereocenters. The molecule has 0 aliphatic heterocycles. The molecule has 0 bridgehead atoms. The lowest BCUT2D eigenvalue weighted by atomic mass is 10.1. The van der Waals surface area contributed by atoms with E-state index >= 15 is 0 Å². The van der Waals surface area contributed by atoms with Crippen molar-refractivity contribution in [2.75, 3.05) is 12.9 Å². The van der Waals surface area contributed by atoms with E-state index in [1.165, 1.54) is 11.8 Å². The Kier molecular flexibility index (Phi) is 4.21. The summed E-state index contributed by atoms with van der Waals surface area (Å²) in [5.41, 5.74) is 1.80. The van der Waals surface area contributed by atoms with E-state index in [1.807, 2.05) is 36.4 Å². The lowest BCUT2D eigenvalue weighted by Crippen LogP contribution is -1.90. The minimum atomic E-state index is 0.604. The molecule has 0 saturated heterocycles. The van der Waals surface area contributed by atoms with Crippen LogP contribution in [0.1, 0.15) is 0 Å². The van der Waals surface area contributed by atoms with Crippen LogP contribution >= 0.6 is 11.8 Å². The number of aromatic nitrogens is 2. The van der Waals surface area contributed by atoms with E-state index in [4.69, 9.17) is 11.2 Å². The van der Waals surface area contributed by atoms with Crippen LogP contribution in [0.25, 0.3) is 11.3 Å². The second-order valence-electron chi connectivity index (χ2n) is 3.48. The van der Waals surface area contributed by atoms with Gasteiger partial charge in [-0.15, -0.1) is 16.6 Å². The van der Waals surface area contributed by atoms with Gasteiger partial charge in [0.1, 0.15) is 10.8 Å². The van der Waals surface area contributed by atoms with Crippen LogP contribution in [0, 0.1) is 12.3 Å². The molecule has 2 aromatic rings. The summed E-state index contributed by atoms with van der Waals surface area (Å²) in [6.07, 6.45) is 5.20. The number of nitrogens with zero attached hydrogens (tertiary/aromatic N) is 2. The first kappa shape index (κ1) is 12.5. The maximum absolute atomic E-state index is 5.20. The first-order valence-corrected chi connectivity index (χ1v) is 6.36. The molecule has 0 fully saturated rings. The predicted octanol–water partition coefficient (Wildman–Crippen LogP) is 2.88. The zero-order chi connectivity index (χ0) is 12.8. The normalized spacial score (nSPS) is 9.78. The molecule has 0 amide bonds. The van der Waals surface area contributed by atoms with E-state index in [1.54, 1.807) is 7.11 Å². The molecule has 18 heavy (non-hydrogen) atoms. The maximum atomic E-state index is 5.20. The first-order chi connectivity index (χ1) is 8.83. The van der Waals surface area contributed by atoms with Gasteiger partial charge in [0.25, 0.3) is 0 Å². The Labute approximate surface area is 111 Å². The van der Waals surface area contributed by atoms with Gasteiger partial charge in [-0.3, -0.25) is 0 Å². The Bertz CT molecular complexity index is 561. The van der Waals surface area contributed by atoms with E-state index in [-0.39, 0.29) is 0 Å². The van der Waals surface area contributed by atoms with E-state index in [0.717, 1.165) is 22.0 Å². The predicted molar refractivity (Wildman–Crippen MR) is 73.6 cm³/mol. The fourth-order valence-corrected chi connectivity index (χ4v) is 1.94. The lowest BCUT2D eigenvalue weighted by molar-refractivity contribution is 0.415. The second kappa shape index (κ2) is 6.08. The maximum Gasteiger partial charge on any atom is 0.120 e. The minimum Gasteiger partial charge on any atom is -0.497 e. The standard InChI is InChI=1S/C14H12N2OS/c1-3-9-18-14-8-7-13(15-16-14)11-5-4-6-12(10-11)17-2/h1,4-8,10H,9H2,2H3. The summed E-state index contributed by atoms with van der Waals surface area (Å²) in [7, 11) is 1.64. The van der Waals surface area contributed by atoms with E-state index in [2.05, 4.69) is 16.1 Å². The SMILES string of the molecule is C#CCSc1ccc(-c2cccc(OC)c2)nn1. The third kappa shape index (κ3) is 3.02. The Morgan fingerprint density at radius 1 is 1.28 bits per heavy atom. The molecule has 1 heterocycles. The fourth-order valence-electron chi connectivity index (χ4n) is 1.45. The highest BCUT2D eigenvalue weighted by molar-refractivity contribution is 7.99. The largest absolute Gasteiger partial charge is 0.497 e. The van der Waals surface area contributed by atoms with Crippen LogP contribution in [-0.4, -0.2) is 23.1 Å². The van der Waals surface area contributed by atoms with Crippen molar-refractivity contribution in [3.8, 4) is 29.4 Å². The molecule has 0 aliphatic rings. The Morgan fingerprint density at radius 3 is 2.83 bits per heavy atom. The summed E-state index contributed by atoms with van der Waals surface area (Å²) in [6, 6.07) is 11.6. The number of hydrogen-bond donors (Lipinski definition) is 0. The van der Waals surface area contributed by atoms with E-state index < -0.39 is 0 Å². The van der Waals surface area contributed by atoms with Gasteiger partial charge in [0, 0.05) is 5.56 Å². The summed E-state index contributed by atoms with van der Waals surface area (Å²) >= 11 is 1.50. The molecule has 1 aromatic heterocycles. The molecule has 0 aliphatic carbocycles. The fraction of sp³-hybridized carbons (Fsp3) is 0.143. The molecule has 2 rings (SSSR count). The summed E-state index contributed by atoms with van der Waals surface area (Å²) in [6.45, 7) is 0. The van der Waals surface area contributed by atoms with Crippen LogP contribution in [-0.2, 0) is 0 Å². The molecule has 90 valence electrons. The summed E-state index contributed by atoms with van der Waals surface area (Å²) in [5, 5.41) is 9.14. The number of hydrogen-bond acceptors (Lipinski definition) is 4. The molecule has 4 heteroatoms. The van der Waals surface area contributed by atoms with Crippen molar-refractivity contribution in [3.05, 3.63) is 36.4 Å². The zero-order valence-electron chi connectivity index (χ0n) is 9.96. The van der Waals surface area contributed by atoms with Gasteiger partial charge in [-0.25, -0.2) is 0 Å². The average Bonchev–Trinajstić information content (AvgIpc) is 2.46. The van der Waals surface area contributed by atoms with Gasteiger partial charge in [0.05, 0.1) is 18.6 Å². The van der Waals surface area contributed by atoms with Gasteiger partial charge in [-0.1, -0.05) is 29.8 Å². The van der Waals surface area contributed by atoms with Crippen molar-refractivity contribution >= 4 is 11.8 Å². The first-order valence-electron chi connectivity index (χ1n) is 5.38. The van der Waals surface area contributed by atoms with Crippen LogP contribution in [0.2, 0.25) is 0 Å². The van der Waals surface area contributed by atoms with Gasteiger partial charge in [0.2, 0.25) is 0 Å². The van der Waals surface area contributed by atoms with Crippen LogP contribution in [0.4, 0.5) is 0 Å². The molecule has 0 radical (unpaired) electrons. The number of ether oxygens (including phenoxy) is 1. The highest BCUT2D eigenvalue weighted by Gasteiger charge is 2.02. The quantitative estimate of drug-likeness (QED) is 0.622. The monoisotopic (exact) mass is 256 g/mol. The van der Waals surface area contributed by atoms with Crippen molar-refractivity contribution in [1.82, 2.24) is 10.2 Å². The molecule has 3 nitrogen and oxygen atoms in total. The second-order valence-corrected chi connectivity index (χ2v) is 4.48. The smallest absolute Gasteiger partial charge is 0.120 e. The van der Waals surface area contributed by atoms with Gasteiger partial charge in [0.15, 0.2) is 0 Å². The molecule has 0 saturated carbocycles. The molecular formula is C14H12N2OS. The Balaban J connectivity index is 2.20. The topological polar surface area (TPSA) is 35.0 Å². The number of benzene rings is 1. The van der Waals surface area contributed by atoms with Crippen LogP contribution in [0.15, 0.2) is 41.4 Å². The lowest BCUT2D eigenvalue weighted by Gasteiger charge is -2.03. The highest BCUT2D eigenvalue weighted by Crippen LogP contribution is 2.23. The van der Waals surface area contributed by atoms with Crippen molar-refractivity contribution < 1.29 is 4.74 Å². The van der Waals surface area contributed by atoms with Crippen molar-refractivity contribution in [1.29, 1.82) is 0 Å². The molecular weight excluding hydrogens is 244 g/mol. The summed E-state index contributed by atoms with van der Waals surface area (Å²) in [4.78, 5) is 0. The van der Waals surface area contributed by atoms with Crippen LogP contribution in [0.5, 0.6) is 5.75 Å². The van der Waals surface area contributed by atoms with Crippen molar-refractivity contribution in [2.45, 2.75) is 5.03 Å². The Hall–Kier alpha value is -1.99. The van der Waals surface area contributed by atoms with Crippen LogP contribution < -0.4 is 4.74 Å². The molecule has 1 aromatic carbocycles. The van der Waals surface area contributed by atoms with Gasteiger partial charge >= 0.3 is 0 Å². The van der Waals surface area contributed by atoms with Crippen LogP contribution in [0.3, 0.4) is 0 Å². The van der Waals surface area contributed by atoms with Crippen molar-refractivity contribution in [3.63, 3.8) is 0 Å². The zero-order valence-corrected chi connectivity index (χ0v) is 10.8.